The molecule has 26 heavy (non-hydrogen) atoms. The Morgan fingerprint density at radius 1 is 1.35 bits per heavy atom. The molecule has 1 aliphatic heterocycles. The molecule has 2 rings (SSSR count). The predicted molar refractivity (Wildman–Crippen MR) is 116 cm³/mol. The number of nitrogens with one attached hydrogen (secondary N) is 2. The lowest BCUT2D eigenvalue weighted by atomic mass is 9.88. The number of aryl methyl sites for hydroxylation is 1. The van der Waals surface area contributed by atoms with E-state index >= 15 is 0 Å². The van der Waals surface area contributed by atoms with E-state index < -0.39 is 0 Å². The molecule has 0 radical (unpaired) electrons. The summed E-state index contributed by atoms with van der Waals surface area (Å²) >= 11 is 0. The van der Waals surface area contributed by atoms with Crippen LogP contribution in [0.3, 0.4) is 0 Å². The highest BCUT2D eigenvalue weighted by Gasteiger charge is 2.34. The van der Waals surface area contributed by atoms with E-state index in [1.807, 2.05) is 19.1 Å². The summed E-state index contributed by atoms with van der Waals surface area (Å²) in [6.45, 7) is 6.13. The summed E-state index contributed by atoms with van der Waals surface area (Å²) in [5.41, 5.74) is 1.63. The van der Waals surface area contributed by atoms with Crippen LogP contribution in [0.4, 0.5) is 4.39 Å². The molecule has 0 amide bonds. The number of likely N-dealkylation sites (N-methyl/N-ethyl adjacent to an activating group) is 1. The first kappa shape index (κ1) is 23.1. The Morgan fingerprint density at radius 2 is 2.00 bits per heavy atom. The number of aliphatic imine (C=N–C) groups is 1. The molecule has 1 saturated heterocycles. The van der Waals surface area contributed by atoms with Gasteiger partial charge in [0.05, 0.1) is 6.04 Å². The summed E-state index contributed by atoms with van der Waals surface area (Å²) in [4.78, 5) is 6.59. The molecule has 1 aromatic carbocycles. The average molecular weight is 478 g/mol. The molecular formula is C19H32FIN4O. The summed E-state index contributed by atoms with van der Waals surface area (Å²) in [5, 5.41) is 6.78. The number of ether oxygens (including phenoxy) is 1. The lowest BCUT2D eigenvalue weighted by molar-refractivity contribution is -0.00502. The quantitative estimate of drug-likeness (QED) is 0.388. The van der Waals surface area contributed by atoms with Gasteiger partial charge in [-0.1, -0.05) is 12.1 Å². The zero-order valence-electron chi connectivity index (χ0n) is 16.4. The van der Waals surface area contributed by atoms with Gasteiger partial charge in [0.1, 0.15) is 5.82 Å². The number of rotatable bonds is 5. The van der Waals surface area contributed by atoms with Gasteiger partial charge in [-0.3, -0.25) is 4.99 Å². The first-order chi connectivity index (χ1) is 11.9. The van der Waals surface area contributed by atoms with Gasteiger partial charge in [-0.15, -0.1) is 24.0 Å². The molecule has 1 aromatic rings. The zero-order valence-corrected chi connectivity index (χ0v) is 18.8. The minimum absolute atomic E-state index is 0. The van der Waals surface area contributed by atoms with Crippen LogP contribution in [0.15, 0.2) is 23.2 Å². The fraction of sp³-hybridized carbons (Fsp3) is 0.632. The number of guanidine groups is 1. The predicted octanol–water partition coefficient (Wildman–Crippen LogP) is 3.09. The minimum atomic E-state index is -0.178. The Bertz CT molecular complexity index is 603. The second kappa shape index (κ2) is 10.4. The van der Waals surface area contributed by atoms with Gasteiger partial charge >= 0.3 is 0 Å². The minimum Gasteiger partial charge on any atom is -0.381 e. The number of halogens is 2. The van der Waals surface area contributed by atoms with Crippen molar-refractivity contribution in [3.05, 3.63) is 35.1 Å². The first-order valence-electron chi connectivity index (χ1n) is 8.86. The van der Waals surface area contributed by atoms with Gasteiger partial charge in [0, 0.05) is 32.3 Å². The molecule has 7 heteroatoms. The van der Waals surface area contributed by atoms with E-state index in [0.717, 1.165) is 44.1 Å². The summed E-state index contributed by atoms with van der Waals surface area (Å²) in [6.07, 6.45) is 1.98. The molecule has 0 saturated carbocycles. The lowest BCUT2D eigenvalue weighted by Crippen LogP contribution is -2.57. The van der Waals surface area contributed by atoms with E-state index in [-0.39, 0.29) is 41.4 Å². The van der Waals surface area contributed by atoms with Crippen LogP contribution in [0.5, 0.6) is 0 Å². The summed E-state index contributed by atoms with van der Waals surface area (Å²) in [6, 6.07) is 5.30. The number of nitrogens with zero attached hydrogens (tertiary/aromatic N) is 2. The molecule has 5 nitrogen and oxygen atoms in total. The van der Waals surface area contributed by atoms with Crippen LogP contribution in [-0.4, -0.2) is 57.3 Å². The fourth-order valence-corrected chi connectivity index (χ4v) is 3.14. The molecular weight excluding hydrogens is 446 g/mol. The van der Waals surface area contributed by atoms with Gasteiger partial charge in [0.2, 0.25) is 0 Å². The van der Waals surface area contributed by atoms with Crippen molar-refractivity contribution in [2.24, 2.45) is 4.99 Å². The Kier molecular flexibility index (Phi) is 9.26. The number of hydrogen-bond acceptors (Lipinski definition) is 3. The monoisotopic (exact) mass is 478 g/mol. The fourth-order valence-electron chi connectivity index (χ4n) is 3.14. The van der Waals surface area contributed by atoms with Crippen LogP contribution in [0, 0.1) is 12.7 Å². The van der Waals surface area contributed by atoms with Crippen LogP contribution in [-0.2, 0) is 4.74 Å². The molecule has 148 valence electrons. The van der Waals surface area contributed by atoms with Crippen molar-refractivity contribution >= 4 is 29.9 Å². The van der Waals surface area contributed by atoms with E-state index in [1.54, 1.807) is 20.0 Å². The maximum absolute atomic E-state index is 13.8. The average Bonchev–Trinajstić information content (AvgIpc) is 2.61. The summed E-state index contributed by atoms with van der Waals surface area (Å²) in [5.74, 6) is 0.545. The first-order valence-corrected chi connectivity index (χ1v) is 8.86. The summed E-state index contributed by atoms with van der Waals surface area (Å²) < 4.78 is 19.3. The van der Waals surface area contributed by atoms with Crippen LogP contribution in [0.1, 0.15) is 36.9 Å². The van der Waals surface area contributed by atoms with Gasteiger partial charge < -0.3 is 20.3 Å². The lowest BCUT2D eigenvalue weighted by Gasteiger charge is -2.43. The smallest absolute Gasteiger partial charge is 0.191 e. The third-order valence-corrected chi connectivity index (χ3v) is 5.23. The van der Waals surface area contributed by atoms with Gasteiger partial charge in [-0.2, -0.15) is 0 Å². The van der Waals surface area contributed by atoms with Gasteiger partial charge in [-0.25, -0.2) is 4.39 Å². The third-order valence-electron chi connectivity index (χ3n) is 5.23. The van der Waals surface area contributed by atoms with Gasteiger partial charge in [-0.05, 0) is 58.0 Å². The van der Waals surface area contributed by atoms with Crippen molar-refractivity contribution in [3.8, 4) is 0 Å². The highest BCUT2D eigenvalue weighted by Crippen LogP contribution is 2.25. The molecule has 0 bridgehead atoms. The van der Waals surface area contributed by atoms with E-state index in [0.29, 0.717) is 5.56 Å². The van der Waals surface area contributed by atoms with Crippen molar-refractivity contribution < 1.29 is 9.13 Å². The van der Waals surface area contributed by atoms with Gasteiger partial charge in [0.15, 0.2) is 5.96 Å². The molecule has 2 N–H and O–H groups in total. The van der Waals surface area contributed by atoms with E-state index in [4.69, 9.17) is 4.74 Å². The third kappa shape index (κ3) is 5.79. The van der Waals surface area contributed by atoms with Crippen LogP contribution in [0.2, 0.25) is 0 Å². The zero-order chi connectivity index (χ0) is 18.4. The van der Waals surface area contributed by atoms with Crippen molar-refractivity contribution in [1.82, 2.24) is 15.5 Å². The molecule has 1 atom stereocenters. The largest absolute Gasteiger partial charge is 0.381 e. The van der Waals surface area contributed by atoms with E-state index in [1.165, 1.54) is 0 Å². The van der Waals surface area contributed by atoms with E-state index in [2.05, 4.69) is 34.6 Å². The van der Waals surface area contributed by atoms with E-state index in [9.17, 15) is 4.39 Å². The van der Waals surface area contributed by atoms with Crippen molar-refractivity contribution in [3.63, 3.8) is 0 Å². The van der Waals surface area contributed by atoms with Crippen LogP contribution < -0.4 is 10.6 Å². The molecule has 0 aromatic heterocycles. The van der Waals surface area contributed by atoms with Crippen molar-refractivity contribution in [2.75, 3.05) is 40.9 Å². The Morgan fingerprint density at radius 3 is 2.54 bits per heavy atom. The highest BCUT2D eigenvalue weighted by atomic mass is 127. The second-order valence-corrected chi connectivity index (χ2v) is 7.03. The van der Waals surface area contributed by atoms with Crippen molar-refractivity contribution in [2.45, 2.75) is 38.3 Å². The standard InChI is InChI=1S/C19H31FN4O.HI/c1-14-6-7-16(12-17(14)20)15(2)23-18(21-3)22-13-19(24(4)5)8-10-25-11-9-19;/h6-7,12,15H,8-11,13H2,1-5H3,(H2,21,22,23);1H. The van der Waals surface area contributed by atoms with Crippen LogP contribution >= 0.6 is 24.0 Å². The molecule has 1 fully saturated rings. The van der Waals surface area contributed by atoms with Crippen molar-refractivity contribution in [1.29, 1.82) is 0 Å². The molecule has 1 aliphatic rings. The molecule has 1 unspecified atom stereocenters. The molecule has 1 heterocycles. The summed E-state index contributed by atoms with van der Waals surface area (Å²) in [7, 11) is 5.98. The van der Waals surface area contributed by atoms with Crippen LogP contribution in [0.25, 0.3) is 0 Å². The topological polar surface area (TPSA) is 48.9 Å². The highest BCUT2D eigenvalue weighted by molar-refractivity contribution is 14.0. The molecule has 0 aliphatic carbocycles. The Balaban J connectivity index is 0.00000338. The maximum Gasteiger partial charge on any atom is 0.191 e. The second-order valence-electron chi connectivity index (χ2n) is 7.03. The number of benzene rings is 1. The maximum atomic E-state index is 13.8. The Hall–Kier alpha value is -0.930. The normalized spacial score (nSPS) is 18.2. The molecule has 0 spiro atoms. The van der Waals surface area contributed by atoms with Gasteiger partial charge in [0.25, 0.3) is 0 Å². The number of hydrogen-bond donors (Lipinski definition) is 2. The SMILES string of the molecule is CN=C(NCC1(N(C)C)CCOCC1)NC(C)c1ccc(C)c(F)c1.I. The Labute approximate surface area is 173 Å².